The van der Waals surface area contributed by atoms with Gasteiger partial charge in [-0.25, -0.2) is 9.59 Å². The third-order valence-corrected chi connectivity index (χ3v) is 2.47. The molecule has 1 fully saturated rings. The van der Waals surface area contributed by atoms with Gasteiger partial charge in [0.05, 0.1) is 18.7 Å². The highest BCUT2D eigenvalue weighted by molar-refractivity contribution is 5.77. The van der Waals surface area contributed by atoms with E-state index in [0.717, 1.165) is 0 Å². The van der Waals surface area contributed by atoms with Gasteiger partial charge in [0, 0.05) is 6.54 Å². The second kappa shape index (κ2) is 4.67. The van der Waals surface area contributed by atoms with E-state index in [9.17, 15) is 14.7 Å². The minimum Gasteiger partial charge on any atom is -0.479 e. The number of carbonyl (C=O) groups excluding carboxylic acids is 1. The number of carboxylic acids is 1. The summed E-state index contributed by atoms with van der Waals surface area (Å²) in [6, 6.07) is -0.474. The molecule has 1 aliphatic heterocycles. The highest BCUT2D eigenvalue weighted by Gasteiger charge is 2.34. The average Bonchev–Trinajstić information content (AvgIpc) is 2.54. The highest BCUT2D eigenvalue weighted by Crippen LogP contribution is 2.19. The Morgan fingerprint density at radius 1 is 1.56 bits per heavy atom. The fraction of sp³-hybridized carbons (Fsp3) is 0.778. The molecule has 16 heavy (non-hydrogen) atoms. The van der Waals surface area contributed by atoms with Crippen LogP contribution in [0.15, 0.2) is 0 Å². The Balaban J connectivity index is 2.34. The number of hydrogen-bond acceptors (Lipinski definition) is 4. The Morgan fingerprint density at radius 2 is 2.19 bits per heavy atom. The number of likely N-dealkylation sites (tertiary alicyclic amines) is 1. The van der Waals surface area contributed by atoms with Crippen molar-refractivity contribution in [2.75, 3.05) is 19.6 Å². The van der Waals surface area contributed by atoms with E-state index in [1.165, 1.54) is 4.90 Å². The van der Waals surface area contributed by atoms with Crippen LogP contribution in [0.4, 0.5) is 4.79 Å². The lowest BCUT2D eigenvalue weighted by Crippen LogP contribution is -2.44. The molecule has 2 unspecified atom stereocenters. The molecule has 4 N–H and O–H groups in total. The monoisotopic (exact) mass is 232 g/mol. The Labute approximate surface area is 92.7 Å². The summed E-state index contributed by atoms with van der Waals surface area (Å²) in [6.07, 6.45) is -1.12. The Kier molecular flexibility index (Phi) is 3.71. The lowest BCUT2D eigenvalue weighted by atomic mass is 10.1. The number of carboxylic acid groups (broad SMARTS) is 1. The molecule has 2 amide bonds. The fourth-order valence-corrected chi connectivity index (χ4v) is 1.50. The fourth-order valence-electron chi connectivity index (χ4n) is 1.50. The molecule has 92 valence electrons. The maximum absolute atomic E-state index is 11.5. The molecule has 7 heteroatoms. The number of aliphatic hydroxyl groups is 2. The summed E-state index contributed by atoms with van der Waals surface area (Å²) in [7, 11) is 0. The lowest BCUT2D eigenvalue weighted by molar-refractivity contribution is -0.146. The second-order valence-electron chi connectivity index (χ2n) is 4.21. The number of aliphatic carboxylic acids is 1. The van der Waals surface area contributed by atoms with E-state index >= 15 is 0 Å². The van der Waals surface area contributed by atoms with E-state index in [-0.39, 0.29) is 13.1 Å². The molecule has 2 atom stereocenters. The number of carbonyl (C=O) groups is 2. The molecule has 0 spiro atoms. The van der Waals surface area contributed by atoms with Gasteiger partial charge in [-0.2, -0.15) is 0 Å². The van der Waals surface area contributed by atoms with E-state index in [0.29, 0.717) is 13.0 Å². The van der Waals surface area contributed by atoms with Crippen LogP contribution in [0.5, 0.6) is 0 Å². The largest absolute Gasteiger partial charge is 0.479 e. The molecule has 7 nitrogen and oxygen atoms in total. The van der Waals surface area contributed by atoms with Gasteiger partial charge in [0.1, 0.15) is 0 Å². The first kappa shape index (κ1) is 12.7. The molecule has 0 aromatic heterocycles. The maximum Gasteiger partial charge on any atom is 0.334 e. The lowest BCUT2D eigenvalue weighted by Gasteiger charge is -2.19. The second-order valence-corrected chi connectivity index (χ2v) is 4.21. The number of nitrogens with zero attached hydrogens (tertiary/aromatic N) is 1. The van der Waals surface area contributed by atoms with Crippen molar-refractivity contribution in [1.29, 1.82) is 0 Å². The van der Waals surface area contributed by atoms with Crippen LogP contribution in [0, 0.1) is 0 Å². The summed E-state index contributed by atoms with van der Waals surface area (Å²) >= 11 is 0. The van der Waals surface area contributed by atoms with Crippen LogP contribution >= 0.6 is 0 Å². The predicted octanol–water partition coefficient (Wildman–Crippen LogP) is -1.40. The van der Waals surface area contributed by atoms with Crippen molar-refractivity contribution in [2.45, 2.75) is 25.0 Å². The topological polar surface area (TPSA) is 110 Å². The van der Waals surface area contributed by atoms with Gasteiger partial charge in [0.15, 0.2) is 6.10 Å². The van der Waals surface area contributed by atoms with Gasteiger partial charge in [0.2, 0.25) is 0 Å². The molecule has 1 rings (SSSR count). The first-order valence-electron chi connectivity index (χ1n) is 4.98. The molecule has 0 aromatic carbocycles. The zero-order valence-corrected chi connectivity index (χ0v) is 9.01. The van der Waals surface area contributed by atoms with Crippen LogP contribution in [0.3, 0.4) is 0 Å². The minimum atomic E-state index is -1.60. The summed E-state index contributed by atoms with van der Waals surface area (Å²) in [4.78, 5) is 23.1. The van der Waals surface area contributed by atoms with Crippen molar-refractivity contribution in [1.82, 2.24) is 10.2 Å². The predicted molar refractivity (Wildman–Crippen MR) is 53.9 cm³/mol. The van der Waals surface area contributed by atoms with Crippen molar-refractivity contribution in [3.63, 3.8) is 0 Å². The van der Waals surface area contributed by atoms with Crippen molar-refractivity contribution in [3.8, 4) is 0 Å². The molecule has 1 aliphatic rings. The highest BCUT2D eigenvalue weighted by atomic mass is 16.4. The van der Waals surface area contributed by atoms with Gasteiger partial charge < -0.3 is 25.5 Å². The summed E-state index contributed by atoms with van der Waals surface area (Å²) < 4.78 is 0. The normalized spacial score (nSPS) is 26.6. The Hall–Kier alpha value is -1.34. The van der Waals surface area contributed by atoms with E-state index in [4.69, 9.17) is 10.2 Å². The SMILES string of the molecule is CC1(O)CCN(C(=O)NCC(O)C(=O)O)C1. The van der Waals surface area contributed by atoms with Crippen molar-refractivity contribution < 1.29 is 24.9 Å². The van der Waals surface area contributed by atoms with E-state index in [1.54, 1.807) is 6.92 Å². The molecule has 0 saturated carbocycles. The summed E-state index contributed by atoms with van der Waals surface area (Å²) in [5.74, 6) is -1.38. The van der Waals surface area contributed by atoms with Gasteiger partial charge in [-0.1, -0.05) is 0 Å². The summed E-state index contributed by atoms with van der Waals surface area (Å²) in [5, 5.41) is 29.2. The quantitative estimate of drug-likeness (QED) is 0.478. The third-order valence-electron chi connectivity index (χ3n) is 2.47. The van der Waals surface area contributed by atoms with Crippen LogP contribution in [-0.4, -0.2) is 63.6 Å². The van der Waals surface area contributed by atoms with Crippen LogP contribution in [0.1, 0.15) is 13.3 Å². The van der Waals surface area contributed by atoms with Crippen LogP contribution < -0.4 is 5.32 Å². The summed E-state index contributed by atoms with van der Waals surface area (Å²) in [5.41, 5.74) is -0.886. The third kappa shape index (κ3) is 3.35. The maximum atomic E-state index is 11.5. The number of β-amino-alcohol motifs (C(OH)–C–C–N with tert-alkyl or cyclic N) is 1. The Morgan fingerprint density at radius 3 is 2.62 bits per heavy atom. The first-order valence-corrected chi connectivity index (χ1v) is 4.98. The van der Waals surface area contributed by atoms with Crippen LogP contribution in [0.25, 0.3) is 0 Å². The Bertz CT molecular complexity index is 292. The molecule has 0 radical (unpaired) electrons. The van der Waals surface area contributed by atoms with Crippen molar-refractivity contribution in [3.05, 3.63) is 0 Å². The van der Waals surface area contributed by atoms with E-state index in [1.807, 2.05) is 0 Å². The minimum absolute atomic E-state index is 0.210. The number of urea groups is 1. The molecule has 0 bridgehead atoms. The van der Waals surface area contributed by atoms with Gasteiger partial charge in [0.25, 0.3) is 0 Å². The molecule has 0 aromatic rings. The van der Waals surface area contributed by atoms with Gasteiger partial charge >= 0.3 is 12.0 Å². The van der Waals surface area contributed by atoms with Gasteiger partial charge in [-0.05, 0) is 13.3 Å². The van der Waals surface area contributed by atoms with Crippen molar-refractivity contribution >= 4 is 12.0 Å². The zero-order valence-electron chi connectivity index (χ0n) is 9.01. The molecule has 0 aliphatic carbocycles. The van der Waals surface area contributed by atoms with Gasteiger partial charge in [-0.15, -0.1) is 0 Å². The van der Waals surface area contributed by atoms with E-state index in [2.05, 4.69) is 5.32 Å². The van der Waals surface area contributed by atoms with E-state index < -0.39 is 23.7 Å². The van der Waals surface area contributed by atoms with Crippen LogP contribution in [0.2, 0.25) is 0 Å². The first-order chi connectivity index (χ1) is 7.32. The number of rotatable bonds is 3. The van der Waals surface area contributed by atoms with Crippen molar-refractivity contribution in [2.24, 2.45) is 0 Å². The summed E-state index contributed by atoms with van der Waals surface area (Å²) in [6.45, 7) is 1.92. The molecular formula is C9H16N2O5. The average molecular weight is 232 g/mol. The zero-order chi connectivity index (χ0) is 12.3. The van der Waals surface area contributed by atoms with Crippen LogP contribution in [-0.2, 0) is 4.79 Å². The standard InChI is InChI=1S/C9H16N2O5/c1-9(16)2-3-11(5-9)8(15)10-4-6(12)7(13)14/h6,12,16H,2-5H2,1H3,(H,10,15)(H,13,14). The smallest absolute Gasteiger partial charge is 0.334 e. The van der Waals surface area contributed by atoms with Gasteiger partial charge in [-0.3, -0.25) is 0 Å². The molecule has 1 heterocycles. The number of nitrogens with one attached hydrogen (secondary N) is 1. The molecule has 1 saturated heterocycles. The number of amides is 2. The molecular weight excluding hydrogens is 216 g/mol. The number of hydrogen-bond donors (Lipinski definition) is 4. The number of aliphatic hydroxyl groups excluding tert-OH is 1.